The van der Waals surface area contributed by atoms with Crippen molar-refractivity contribution in [2.24, 2.45) is 0 Å². The van der Waals surface area contributed by atoms with E-state index < -0.39 is 9.84 Å². The molecule has 1 aromatic carbocycles. The first kappa shape index (κ1) is 14.4. The maximum absolute atomic E-state index is 12.3. The first-order valence-corrected chi connectivity index (χ1v) is 7.48. The highest BCUT2D eigenvalue weighted by Crippen LogP contribution is 2.23. The van der Waals surface area contributed by atoms with E-state index >= 15 is 0 Å². The Labute approximate surface area is 121 Å². The number of allylic oxidation sites excluding steroid dienone is 1. The molecule has 2 rings (SSSR count). The summed E-state index contributed by atoms with van der Waals surface area (Å²) in [5, 5.41) is 9.50. The molecule has 0 aliphatic rings. The highest BCUT2D eigenvalue weighted by molar-refractivity contribution is 7.95. The molecule has 0 unspecified atom stereocenters. The Balaban J connectivity index is 2.48. The Bertz CT molecular complexity index is 796. The number of furan rings is 1. The van der Waals surface area contributed by atoms with E-state index in [1.165, 1.54) is 30.3 Å². The van der Waals surface area contributed by atoms with Gasteiger partial charge in [-0.05, 0) is 43.3 Å². The van der Waals surface area contributed by atoms with Gasteiger partial charge in [0.2, 0.25) is 9.84 Å². The van der Waals surface area contributed by atoms with Crippen LogP contribution in [-0.2, 0) is 9.84 Å². The summed E-state index contributed by atoms with van der Waals surface area (Å²) < 4.78 is 29.9. The average Bonchev–Trinajstić information content (AvgIpc) is 2.82. The number of nitrogens with zero attached hydrogens (tertiary/aromatic N) is 1. The largest absolute Gasteiger partial charge is 0.462 e. The molecule has 0 N–H and O–H groups in total. The van der Waals surface area contributed by atoms with Crippen molar-refractivity contribution in [3.8, 4) is 6.07 Å². The first-order chi connectivity index (χ1) is 9.43. The number of benzene rings is 1. The fourth-order valence-corrected chi connectivity index (χ4v) is 2.84. The minimum Gasteiger partial charge on any atom is -0.462 e. The highest BCUT2D eigenvalue weighted by atomic mass is 35.5. The molecular weight excluding hydrogens is 298 g/mol. The average molecular weight is 308 g/mol. The Hall–Kier alpha value is -2.03. The Morgan fingerprint density at radius 2 is 1.90 bits per heavy atom. The molecule has 0 spiro atoms. The van der Waals surface area contributed by atoms with Crippen LogP contribution in [0.3, 0.4) is 0 Å². The molecule has 0 radical (unpaired) electrons. The van der Waals surface area contributed by atoms with Gasteiger partial charge in [-0.25, -0.2) is 8.42 Å². The van der Waals surface area contributed by atoms with Crippen LogP contribution in [0.25, 0.3) is 6.08 Å². The van der Waals surface area contributed by atoms with Crippen LogP contribution in [0.1, 0.15) is 11.5 Å². The van der Waals surface area contributed by atoms with E-state index in [9.17, 15) is 8.42 Å². The van der Waals surface area contributed by atoms with E-state index in [4.69, 9.17) is 21.3 Å². The van der Waals surface area contributed by atoms with Gasteiger partial charge in [0, 0.05) is 11.1 Å². The van der Waals surface area contributed by atoms with Crippen LogP contribution in [0.2, 0.25) is 5.02 Å². The molecular formula is C14H10ClNO3S. The van der Waals surface area contributed by atoms with Gasteiger partial charge in [-0.3, -0.25) is 0 Å². The smallest absolute Gasteiger partial charge is 0.216 e. The molecule has 102 valence electrons. The summed E-state index contributed by atoms with van der Waals surface area (Å²) in [4.78, 5) is -0.368. The molecule has 0 saturated carbocycles. The van der Waals surface area contributed by atoms with E-state index in [1.54, 1.807) is 25.1 Å². The summed E-state index contributed by atoms with van der Waals surface area (Å²) in [5.41, 5.74) is 0. The van der Waals surface area contributed by atoms with E-state index in [-0.39, 0.29) is 9.80 Å². The fraction of sp³-hybridized carbons (Fsp3) is 0.0714. The van der Waals surface area contributed by atoms with E-state index in [0.717, 1.165) is 0 Å². The molecule has 0 bridgehead atoms. The molecule has 0 aliphatic heterocycles. The van der Waals surface area contributed by atoms with Crippen molar-refractivity contribution in [1.82, 2.24) is 0 Å². The Kier molecular flexibility index (Phi) is 3.98. The zero-order valence-electron chi connectivity index (χ0n) is 10.5. The van der Waals surface area contributed by atoms with Gasteiger partial charge >= 0.3 is 0 Å². The van der Waals surface area contributed by atoms with Gasteiger partial charge < -0.3 is 4.42 Å². The third kappa shape index (κ3) is 2.93. The van der Waals surface area contributed by atoms with Gasteiger partial charge in [-0.2, -0.15) is 5.26 Å². The van der Waals surface area contributed by atoms with Crippen LogP contribution >= 0.6 is 11.6 Å². The van der Waals surface area contributed by atoms with E-state index in [2.05, 4.69) is 0 Å². The van der Waals surface area contributed by atoms with Gasteiger partial charge in [0.15, 0.2) is 4.91 Å². The van der Waals surface area contributed by atoms with Crippen LogP contribution in [0, 0.1) is 18.3 Å². The highest BCUT2D eigenvalue weighted by Gasteiger charge is 2.21. The summed E-state index contributed by atoms with van der Waals surface area (Å²) in [6.45, 7) is 1.73. The second-order valence-corrected chi connectivity index (χ2v) is 6.38. The Morgan fingerprint density at radius 1 is 1.25 bits per heavy atom. The number of aryl methyl sites for hydroxylation is 1. The summed E-state index contributed by atoms with van der Waals surface area (Å²) in [6.07, 6.45) is 1.21. The molecule has 0 atom stereocenters. The third-order valence-corrected chi connectivity index (χ3v) is 4.49. The normalized spacial score (nSPS) is 12.2. The fourth-order valence-electron chi connectivity index (χ4n) is 1.57. The van der Waals surface area contributed by atoms with Crippen molar-refractivity contribution in [2.45, 2.75) is 11.8 Å². The van der Waals surface area contributed by atoms with Gasteiger partial charge in [-0.15, -0.1) is 0 Å². The quantitative estimate of drug-likeness (QED) is 0.813. The number of sulfone groups is 1. The van der Waals surface area contributed by atoms with Gasteiger partial charge in [0.05, 0.1) is 4.90 Å². The summed E-state index contributed by atoms with van der Waals surface area (Å²) >= 11 is 5.72. The molecule has 0 fully saturated rings. The first-order valence-electron chi connectivity index (χ1n) is 5.62. The lowest BCUT2D eigenvalue weighted by atomic mass is 10.4. The summed E-state index contributed by atoms with van der Waals surface area (Å²) in [5.74, 6) is 0.953. The number of nitriles is 1. The van der Waals surface area contributed by atoms with Gasteiger partial charge in [0.25, 0.3) is 0 Å². The number of rotatable bonds is 3. The van der Waals surface area contributed by atoms with Crippen molar-refractivity contribution >= 4 is 27.5 Å². The van der Waals surface area contributed by atoms with Crippen LogP contribution < -0.4 is 0 Å². The van der Waals surface area contributed by atoms with Crippen molar-refractivity contribution in [3.63, 3.8) is 0 Å². The number of hydrogen-bond donors (Lipinski definition) is 0. The van der Waals surface area contributed by atoms with Crippen LogP contribution in [0.4, 0.5) is 0 Å². The standard InChI is InChI=1S/C14H10ClNO3S/c1-10-2-5-12(19-10)8-14(9-16)20(17,18)13-6-3-11(15)4-7-13/h2-8H,1H3/b14-8-. The molecule has 0 aliphatic carbocycles. The molecule has 0 saturated heterocycles. The third-order valence-electron chi connectivity index (χ3n) is 2.56. The summed E-state index contributed by atoms with van der Waals surface area (Å²) in [7, 11) is -3.88. The molecule has 0 amide bonds. The molecule has 4 nitrogen and oxygen atoms in total. The molecule has 1 aromatic heterocycles. The monoisotopic (exact) mass is 307 g/mol. The van der Waals surface area contributed by atoms with Crippen molar-refractivity contribution in [1.29, 1.82) is 5.26 Å². The lowest BCUT2D eigenvalue weighted by molar-refractivity contribution is 0.525. The van der Waals surface area contributed by atoms with Crippen LogP contribution in [-0.4, -0.2) is 8.42 Å². The lowest BCUT2D eigenvalue weighted by Crippen LogP contribution is -2.03. The zero-order valence-corrected chi connectivity index (χ0v) is 12.1. The van der Waals surface area contributed by atoms with Crippen molar-refractivity contribution < 1.29 is 12.8 Å². The molecule has 20 heavy (non-hydrogen) atoms. The molecule has 2 aromatic rings. The maximum atomic E-state index is 12.3. The van der Waals surface area contributed by atoms with E-state index in [0.29, 0.717) is 16.5 Å². The van der Waals surface area contributed by atoms with Crippen molar-refractivity contribution in [3.05, 3.63) is 57.8 Å². The lowest BCUT2D eigenvalue weighted by Gasteiger charge is -2.02. The minimum absolute atomic E-state index is 0.0120. The van der Waals surface area contributed by atoms with Gasteiger partial charge in [0.1, 0.15) is 17.6 Å². The van der Waals surface area contributed by atoms with Crippen LogP contribution in [0.15, 0.2) is 50.6 Å². The number of hydrogen-bond acceptors (Lipinski definition) is 4. The Morgan fingerprint density at radius 3 is 2.40 bits per heavy atom. The second-order valence-electron chi connectivity index (χ2n) is 4.03. The van der Waals surface area contributed by atoms with E-state index in [1.807, 2.05) is 0 Å². The molecule has 1 heterocycles. The number of halogens is 1. The second kappa shape index (κ2) is 5.53. The predicted octanol–water partition coefficient (Wildman–Crippen LogP) is 3.58. The van der Waals surface area contributed by atoms with Crippen molar-refractivity contribution in [2.75, 3.05) is 0 Å². The predicted molar refractivity (Wildman–Crippen MR) is 75.7 cm³/mol. The SMILES string of the molecule is Cc1ccc(/C=C(/C#N)S(=O)(=O)c2ccc(Cl)cc2)o1. The zero-order chi connectivity index (χ0) is 14.8. The summed E-state index contributed by atoms with van der Waals surface area (Å²) in [6, 6.07) is 10.6. The van der Waals surface area contributed by atoms with Crippen LogP contribution in [0.5, 0.6) is 0 Å². The molecule has 6 heteroatoms. The topological polar surface area (TPSA) is 71.1 Å². The maximum Gasteiger partial charge on any atom is 0.216 e. The minimum atomic E-state index is -3.88. The van der Waals surface area contributed by atoms with Gasteiger partial charge in [-0.1, -0.05) is 11.6 Å².